The maximum Gasteiger partial charge on any atom is 0.408 e. The minimum Gasteiger partial charge on any atom is -0.467 e. The van der Waals surface area contributed by atoms with Crippen molar-refractivity contribution in [3.63, 3.8) is 0 Å². The van der Waals surface area contributed by atoms with Crippen molar-refractivity contribution in [3.8, 4) is 0 Å². The third kappa shape index (κ3) is 5.91. The van der Waals surface area contributed by atoms with Gasteiger partial charge in [-0.3, -0.25) is 0 Å². The zero-order chi connectivity index (χ0) is 14.1. The second-order valence-electron chi connectivity index (χ2n) is 3.76. The number of benzene rings is 1. The maximum atomic E-state index is 11.6. The standard InChI is InChI=1S/C13H16INO4/c1-18-12(16)11(7-8-14)15-13(17)19-9-10-5-3-2-4-6-10/h2-6,11H,7-9H2,1H3,(H,15,17)/t11-/m1/s1. The molecule has 0 bridgehead atoms. The summed E-state index contributed by atoms with van der Waals surface area (Å²) in [5.41, 5.74) is 0.890. The Balaban J connectivity index is 2.42. The molecular weight excluding hydrogens is 361 g/mol. The molecular formula is C13H16INO4. The van der Waals surface area contributed by atoms with Crippen molar-refractivity contribution in [2.75, 3.05) is 11.5 Å². The number of methoxy groups -OCH3 is 1. The summed E-state index contributed by atoms with van der Waals surface area (Å²) in [7, 11) is 1.29. The van der Waals surface area contributed by atoms with E-state index in [4.69, 9.17) is 4.74 Å². The molecule has 1 N–H and O–H groups in total. The SMILES string of the molecule is COC(=O)[C@@H](CCI)NC(=O)OCc1ccccc1. The Bertz CT molecular complexity index is 410. The van der Waals surface area contributed by atoms with E-state index >= 15 is 0 Å². The van der Waals surface area contributed by atoms with Crippen LogP contribution in [0.15, 0.2) is 30.3 Å². The largest absolute Gasteiger partial charge is 0.467 e. The lowest BCUT2D eigenvalue weighted by atomic mass is 10.2. The molecule has 0 aliphatic rings. The van der Waals surface area contributed by atoms with Crippen LogP contribution in [0.4, 0.5) is 4.79 Å². The number of ether oxygens (including phenoxy) is 2. The molecule has 104 valence electrons. The molecule has 0 fully saturated rings. The number of alkyl carbamates (subject to hydrolysis) is 1. The molecule has 1 atom stereocenters. The number of hydrogen-bond donors (Lipinski definition) is 1. The summed E-state index contributed by atoms with van der Waals surface area (Å²) >= 11 is 2.13. The third-order valence-corrected chi connectivity index (χ3v) is 3.01. The van der Waals surface area contributed by atoms with Crippen LogP contribution < -0.4 is 5.32 Å². The van der Waals surface area contributed by atoms with Crippen LogP contribution in [0.25, 0.3) is 0 Å². The molecule has 19 heavy (non-hydrogen) atoms. The Morgan fingerprint density at radius 3 is 2.58 bits per heavy atom. The fourth-order valence-electron chi connectivity index (χ4n) is 1.41. The van der Waals surface area contributed by atoms with E-state index in [2.05, 4.69) is 32.6 Å². The highest BCUT2D eigenvalue weighted by atomic mass is 127. The monoisotopic (exact) mass is 377 g/mol. The maximum absolute atomic E-state index is 11.6. The second kappa shape index (κ2) is 8.73. The first-order valence-electron chi connectivity index (χ1n) is 5.78. The van der Waals surface area contributed by atoms with Gasteiger partial charge in [-0.05, 0) is 12.0 Å². The average Bonchev–Trinajstić information content (AvgIpc) is 2.45. The van der Waals surface area contributed by atoms with Gasteiger partial charge in [-0.25, -0.2) is 9.59 Å². The lowest BCUT2D eigenvalue weighted by molar-refractivity contribution is -0.143. The Labute approximate surface area is 125 Å². The van der Waals surface area contributed by atoms with Gasteiger partial charge in [0.05, 0.1) is 7.11 Å². The van der Waals surface area contributed by atoms with Crippen molar-refractivity contribution < 1.29 is 19.1 Å². The van der Waals surface area contributed by atoms with Crippen LogP contribution >= 0.6 is 22.6 Å². The van der Waals surface area contributed by atoms with E-state index in [1.807, 2.05) is 30.3 Å². The summed E-state index contributed by atoms with van der Waals surface area (Å²) < 4.78 is 10.4. The average molecular weight is 377 g/mol. The molecule has 0 spiro atoms. The van der Waals surface area contributed by atoms with Crippen LogP contribution in [0, 0.1) is 0 Å². The first kappa shape index (κ1) is 15.7. The van der Waals surface area contributed by atoms with Crippen molar-refractivity contribution in [2.24, 2.45) is 0 Å². The van der Waals surface area contributed by atoms with E-state index in [1.165, 1.54) is 7.11 Å². The van der Waals surface area contributed by atoms with Crippen LogP contribution in [0.2, 0.25) is 0 Å². The summed E-state index contributed by atoms with van der Waals surface area (Å²) in [6, 6.07) is 8.67. The van der Waals surface area contributed by atoms with E-state index < -0.39 is 18.1 Å². The molecule has 1 amide bonds. The number of halogens is 1. The first-order chi connectivity index (χ1) is 9.17. The fourth-order valence-corrected chi connectivity index (χ4v) is 2.03. The Morgan fingerprint density at radius 1 is 1.32 bits per heavy atom. The van der Waals surface area contributed by atoms with Crippen molar-refractivity contribution in [2.45, 2.75) is 19.1 Å². The molecule has 0 heterocycles. The number of esters is 1. The van der Waals surface area contributed by atoms with Gasteiger partial charge in [-0.15, -0.1) is 0 Å². The van der Waals surface area contributed by atoms with E-state index in [0.717, 1.165) is 9.99 Å². The number of alkyl halides is 1. The van der Waals surface area contributed by atoms with Crippen molar-refractivity contribution in [1.82, 2.24) is 5.32 Å². The molecule has 0 saturated heterocycles. The van der Waals surface area contributed by atoms with Crippen molar-refractivity contribution in [3.05, 3.63) is 35.9 Å². The zero-order valence-corrected chi connectivity index (χ0v) is 12.8. The molecule has 0 aromatic heterocycles. The molecule has 0 aliphatic carbocycles. The predicted molar refractivity (Wildman–Crippen MR) is 79.1 cm³/mol. The normalized spacial score (nSPS) is 11.5. The number of nitrogens with one attached hydrogen (secondary N) is 1. The molecule has 5 nitrogen and oxygen atoms in total. The van der Waals surface area contributed by atoms with Gasteiger partial charge in [0.1, 0.15) is 12.6 Å². The van der Waals surface area contributed by atoms with Gasteiger partial charge in [0.15, 0.2) is 0 Å². The van der Waals surface area contributed by atoms with Gasteiger partial charge in [0.2, 0.25) is 0 Å². The second-order valence-corrected chi connectivity index (χ2v) is 4.84. The summed E-state index contributed by atoms with van der Waals surface area (Å²) in [6.07, 6.45) is -0.114. The minimum atomic E-state index is -0.662. The molecule has 0 saturated carbocycles. The van der Waals surface area contributed by atoms with E-state index in [9.17, 15) is 9.59 Å². The van der Waals surface area contributed by atoms with Crippen LogP contribution in [0.1, 0.15) is 12.0 Å². The van der Waals surface area contributed by atoms with Gasteiger partial charge < -0.3 is 14.8 Å². The highest BCUT2D eigenvalue weighted by Gasteiger charge is 2.21. The van der Waals surface area contributed by atoms with Gasteiger partial charge in [-0.1, -0.05) is 52.9 Å². The Kier molecular flexibility index (Phi) is 7.24. The highest BCUT2D eigenvalue weighted by Crippen LogP contribution is 2.03. The highest BCUT2D eigenvalue weighted by molar-refractivity contribution is 14.1. The number of carbonyl (C=O) groups is 2. The van der Waals surface area contributed by atoms with Crippen LogP contribution in [-0.2, 0) is 20.9 Å². The number of amides is 1. The quantitative estimate of drug-likeness (QED) is 0.470. The molecule has 1 aromatic rings. The fraction of sp³-hybridized carbons (Fsp3) is 0.385. The molecule has 1 rings (SSSR count). The van der Waals surface area contributed by atoms with Gasteiger partial charge in [0, 0.05) is 4.43 Å². The number of carbonyl (C=O) groups excluding carboxylic acids is 2. The molecule has 1 aromatic carbocycles. The van der Waals surface area contributed by atoms with Gasteiger partial charge in [-0.2, -0.15) is 0 Å². The predicted octanol–water partition coefficient (Wildman–Crippen LogP) is 2.28. The third-order valence-electron chi connectivity index (χ3n) is 2.39. The molecule has 6 heteroatoms. The van der Waals surface area contributed by atoms with E-state index in [0.29, 0.717) is 6.42 Å². The first-order valence-corrected chi connectivity index (χ1v) is 7.31. The summed E-state index contributed by atoms with van der Waals surface area (Å²) in [5.74, 6) is -0.465. The zero-order valence-electron chi connectivity index (χ0n) is 10.6. The van der Waals surface area contributed by atoms with E-state index in [1.54, 1.807) is 0 Å². The van der Waals surface area contributed by atoms with Gasteiger partial charge >= 0.3 is 12.1 Å². The van der Waals surface area contributed by atoms with Crippen LogP contribution in [-0.4, -0.2) is 29.6 Å². The smallest absolute Gasteiger partial charge is 0.408 e. The summed E-state index contributed by atoms with van der Waals surface area (Å²) in [5, 5.41) is 2.50. The van der Waals surface area contributed by atoms with Crippen molar-refractivity contribution in [1.29, 1.82) is 0 Å². The lowest BCUT2D eigenvalue weighted by Crippen LogP contribution is -2.42. The van der Waals surface area contributed by atoms with Crippen LogP contribution in [0.3, 0.4) is 0 Å². The molecule has 0 radical (unpaired) electrons. The van der Waals surface area contributed by atoms with Crippen LogP contribution in [0.5, 0.6) is 0 Å². The summed E-state index contributed by atoms with van der Waals surface area (Å²) in [6.45, 7) is 0.171. The molecule has 0 aliphatic heterocycles. The Morgan fingerprint density at radius 2 is 2.00 bits per heavy atom. The van der Waals surface area contributed by atoms with E-state index in [-0.39, 0.29) is 6.61 Å². The minimum absolute atomic E-state index is 0.171. The van der Waals surface area contributed by atoms with Crippen molar-refractivity contribution >= 4 is 34.7 Å². The Hall–Kier alpha value is -1.31. The topological polar surface area (TPSA) is 64.6 Å². The lowest BCUT2D eigenvalue weighted by Gasteiger charge is -2.15. The number of hydrogen-bond acceptors (Lipinski definition) is 4. The van der Waals surface area contributed by atoms with Gasteiger partial charge in [0.25, 0.3) is 0 Å². The molecule has 0 unspecified atom stereocenters. The number of rotatable bonds is 6. The summed E-state index contributed by atoms with van der Waals surface area (Å²) in [4.78, 5) is 23.0.